The third-order valence-corrected chi connectivity index (χ3v) is 5.28. The molecule has 29 heavy (non-hydrogen) atoms. The molecule has 9 heteroatoms. The van der Waals surface area contributed by atoms with Gasteiger partial charge in [0.25, 0.3) is 11.1 Å². The number of anilines is 1. The maximum atomic E-state index is 12.7. The molecule has 152 valence electrons. The lowest BCUT2D eigenvalue weighted by Gasteiger charge is -2.15. The molecule has 1 heterocycles. The standard InChI is InChI=1S/C20H19ClN2O5S/c1-27-8-9-28-18-15(21)6-3-7-16(18)22-19(25)14-5-2-4-13(10-14)11-23-17(24)12-29-20(23)26/h2-7,10H,8-9,11-12H2,1H3,(H,22,25). The summed E-state index contributed by atoms with van der Waals surface area (Å²) in [4.78, 5) is 37.5. The fraction of sp³-hybridized carbons (Fsp3) is 0.250. The van der Waals surface area contributed by atoms with Crippen molar-refractivity contribution in [2.24, 2.45) is 0 Å². The monoisotopic (exact) mass is 434 g/mol. The van der Waals surface area contributed by atoms with E-state index in [1.54, 1.807) is 49.6 Å². The predicted octanol–water partition coefficient (Wildman–Crippen LogP) is 3.81. The van der Waals surface area contributed by atoms with E-state index in [9.17, 15) is 14.4 Å². The number of benzene rings is 2. The minimum absolute atomic E-state index is 0.133. The van der Waals surface area contributed by atoms with Gasteiger partial charge in [-0.05, 0) is 29.8 Å². The van der Waals surface area contributed by atoms with Crippen molar-refractivity contribution >= 4 is 46.1 Å². The van der Waals surface area contributed by atoms with Gasteiger partial charge in [0, 0.05) is 12.7 Å². The van der Waals surface area contributed by atoms with Crippen molar-refractivity contribution in [3.05, 3.63) is 58.6 Å². The van der Waals surface area contributed by atoms with Crippen LogP contribution in [0.5, 0.6) is 5.75 Å². The van der Waals surface area contributed by atoms with E-state index in [4.69, 9.17) is 21.1 Å². The number of halogens is 1. The first-order valence-corrected chi connectivity index (χ1v) is 10.1. The highest BCUT2D eigenvalue weighted by Gasteiger charge is 2.29. The van der Waals surface area contributed by atoms with Crippen molar-refractivity contribution in [2.75, 3.05) is 31.4 Å². The Morgan fingerprint density at radius 1 is 1.21 bits per heavy atom. The van der Waals surface area contributed by atoms with Crippen molar-refractivity contribution < 1.29 is 23.9 Å². The van der Waals surface area contributed by atoms with Crippen molar-refractivity contribution in [2.45, 2.75) is 6.54 Å². The molecule has 0 saturated carbocycles. The molecule has 0 bridgehead atoms. The van der Waals surface area contributed by atoms with Crippen LogP contribution in [0.15, 0.2) is 42.5 Å². The number of methoxy groups -OCH3 is 1. The largest absolute Gasteiger partial charge is 0.487 e. The second-order valence-corrected chi connectivity index (χ2v) is 7.48. The second-order valence-electron chi connectivity index (χ2n) is 6.15. The summed E-state index contributed by atoms with van der Waals surface area (Å²) in [6.45, 7) is 0.801. The first-order chi connectivity index (χ1) is 14.0. The van der Waals surface area contributed by atoms with E-state index in [1.165, 1.54) is 4.90 Å². The molecule has 0 aromatic heterocycles. The molecule has 2 aromatic rings. The lowest BCUT2D eigenvalue weighted by molar-refractivity contribution is -0.125. The molecule has 1 fully saturated rings. The van der Waals surface area contributed by atoms with Gasteiger partial charge in [-0.1, -0.05) is 41.6 Å². The number of amides is 3. The fourth-order valence-corrected chi connectivity index (χ4v) is 3.66. The number of thioether (sulfide) groups is 1. The van der Waals surface area contributed by atoms with Crippen LogP contribution < -0.4 is 10.1 Å². The Morgan fingerprint density at radius 2 is 2.00 bits per heavy atom. The van der Waals surface area contributed by atoms with E-state index in [-0.39, 0.29) is 36.0 Å². The van der Waals surface area contributed by atoms with Gasteiger partial charge >= 0.3 is 0 Å². The normalized spacial score (nSPS) is 13.7. The zero-order chi connectivity index (χ0) is 20.8. The lowest BCUT2D eigenvalue weighted by Crippen LogP contribution is -2.28. The number of imide groups is 1. The van der Waals surface area contributed by atoms with Crippen LogP contribution in [-0.2, 0) is 16.1 Å². The summed E-state index contributed by atoms with van der Waals surface area (Å²) in [6.07, 6.45) is 0. The molecule has 2 aromatic carbocycles. The average molecular weight is 435 g/mol. The van der Waals surface area contributed by atoms with E-state index in [2.05, 4.69) is 5.32 Å². The van der Waals surface area contributed by atoms with Gasteiger partial charge in [-0.2, -0.15) is 0 Å². The number of carbonyl (C=O) groups is 3. The van der Waals surface area contributed by atoms with Crippen LogP contribution in [0.1, 0.15) is 15.9 Å². The lowest BCUT2D eigenvalue weighted by atomic mass is 10.1. The summed E-state index contributed by atoms with van der Waals surface area (Å²) < 4.78 is 10.6. The number of nitrogens with zero attached hydrogens (tertiary/aromatic N) is 1. The topological polar surface area (TPSA) is 84.9 Å². The summed E-state index contributed by atoms with van der Waals surface area (Å²) in [6, 6.07) is 11.8. The van der Waals surface area contributed by atoms with E-state index >= 15 is 0 Å². The molecule has 0 spiro atoms. The number of nitrogens with one attached hydrogen (secondary N) is 1. The minimum Gasteiger partial charge on any atom is -0.487 e. The Balaban J connectivity index is 1.74. The maximum Gasteiger partial charge on any atom is 0.289 e. The zero-order valence-electron chi connectivity index (χ0n) is 15.6. The number of carbonyl (C=O) groups excluding carboxylic acids is 3. The highest BCUT2D eigenvalue weighted by atomic mass is 35.5. The number of ether oxygens (including phenoxy) is 2. The average Bonchev–Trinajstić information content (AvgIpc) is 3.02. The zero-order valence-corrected chi connectivity index (χ0v) is 17.2. The van der Waals surface area contributed by atoms with Crippen LogP contribution in [-0.4, -0.2) is 48.0 Å². The van der Waals surface area contributed by atoms with Crippen LogP contribution in [0.25, 0.3) is 0 Å². The van der Waals surface area contributed by atoms with Crippen LogP contribution >= 0.6 is 23.4 Å². The van der Waals surface area contributed by atoms with E-state index in [0.717, 1.165) is 11.8 Å². The summed E-state index contributed by atoms with van der Waals surface area (Å²) in [5.41, 5.74) is 1.51. The molecule has 1 saturated heterocycles. The maximum absolute atomic E-state index is 12.7. The molecule has 0 atom stereocenters. The molecule has 3 amide bonds. The molecule has 0 unspecified atom stereocenters. The van der Waals surface area contributed by atoms with Crippen LogP contribution in [0.3, 0.4) is 0 Å². The first kappa shape index (κ1) is 21.2. The first-order valence-electron chi connectivity index (χ1n) is 8.77. The Hall–Kier alpha value is -2.55. The van der Waals surface area contributed by atoms with Gasteiger partial charge in [0.15, 0.2) is 5.75 Å². The van der Waals surface area contributed by atoms with Gasteiger partial charge in [-0.25, -0.2) is 0 Å². The molecule has 0 aliphatic carbocycles. The molecular weight excluding hydrogens is 416 g/mol. The molecule has 0 radical (unpaired) electrons. The third-order valence-electron chi connectivity index (χ3n) is 4.12. The molecule has 1 aliphatic heterocycles. The van der Waals surface area contributed by atoms with Crippen molar-refractivity contribution in [1.82, 2.24) is 4.90 Å². The molecule has 7 nitrogen and oxygen atoms in total. The van der Waals surface area contributed by atoms with E-state index in [0.29, 0.717) is 34.2 Å². The number of rotatable bonds is 8. The van der Waals surface area contributed by atoms with E-state index < -0.39 is 0 Å². The second kappa shape index (κ2) is 9.78. The summed E-state index contributed by atoms with van der Waals surface area (Å²) in [7, 11) is 1.56. The van der Waals surface area contributed by atoms with Crippen molar-refractivity contribution in [3.63, 3.8) is 0 Å². The molecule has 1 N–H and O–H groups in total. The van der Waals surface area contributed by atoms with Crippen LogP contribution in [0.2, 0.25) is 5.02 Å². The molecular formula is C20H19ClN2O5S. The molecule has 1 aliphatic rings. The minimum atomic E-state index is -0.362. The predicted molar refractivity (Wildman–Crippen MR) is 112 cm³/mol. The Labute approximate surface area is 177 Å². The van der Waals surface area contributed by atoms with Gasteiger partial charge in [0.1, 0.15) is 6.61 Å². The van der Waals surface area contributed by atoms with E-state index in [1.807, 2.05) is 0 Å². The SMILES string of the molecule is COCCOc1c(Cl)cccc1NC(=O)c1cccc(CN2C(=O)CSC2=O)c1. The van der Waals surface area contributed by atoms with Gasteiger partial charge in [-0.3, -0.25) is 19.3 Å². The highest BCUT2D eigenvalue weighted by Crippen LogP contribution is 2.33. The van der Waals surface area contributed by atoms with Crippen LogP contribution in [0, 0.1) is 0 Å². The number of hydrogen-bond donors (Lipinski definition) is 1. The molecule has 3 rings (SSSR count). The summed E-state index contributed by atoms with van der Waals surface area (Å²) >= 11 is 7.18. The summed E-state index contributed by atoms with van der Waals surface area (Å²) in [5.74, 6) is -0.0774. The quantitative estimate of drug-likeness (QED) is 0.636. The van der Waals surface area contributed by atoms with Gasteiger partial charge in [0.2, 0.25) is 5.91 Å². The van der Waals surface area contributed by atoms with Gasteiger partial charge in [-0.15, -0.1) is 0 Å². The smallest absolute Gasteiger partial charge is 0.289 e. The number of para-hydroxylation sites is 1. The summed E-state index contributed by atoms with van der Waals surface area (Å²) in [5, 5.41) is 2.89. The fourth-order valence-electron chi connectivity index (χ4n) is 2.70. The van der Waals surface area contributed by atoms with Crippen LogP contribution in [0.4, 0.5) is 10.5 Å². The van der Waals surface area contributed by atoms with Gasteiger partial charge in [0.05, 0.1) is 29.6 Å². The number of hydrogen-bond acceptors (Lipinski definition) is 6. The highest BCUT2D eigenvalue weighted by molar-refractivity contribution is 8.14. The third kappa shape index (κ3) is 5.29. The Kier molecular flexibility index (Phi) is 7.13. The Morgan fingerprint density at radius 3 is 2.72 bits per heavy atom. The Bertz CT molecular complexity index is 921. The van der Waals surface area contributed by atoms with Crippen molar-refractivity contribution in [3.8, 4) is 5.75 Å². The van der Waals surface area contributed by atoms with Gasteiger partial charge < -0.3 is 14.8 Å². The van der Waals surface area contributed by atoms with Crippen molar-refractivity contribution in [1.29, 1.82) is 0 Å².